The summed E-state index contributed by atoms with van der Waals surface area (Å²) in [6, 6.07) is 13.8. The minimum absolute atomic E-state index is 0.126. The van der Waals surface area contributed by atoms with Gasteiger partial charge in [0.25, 0.3) is 0 Å². The Bertz CT molecular complexity index is 788. The number of hydrogen-bond donors (Lipinski definition) is 3. The van der Waals surface area contributed by atoms with Crippen molar-refractivity contribution in [1.29, 1.82) is 0 Å². The molecule has 0 heterocycles. The Kier molecular flexibility index (Phi) is 6.73. The van der Waals surface area contributed by atoms with Crippen LogP contribution in [0, 0.1) is 0 Å². The number of amides is 2. The smallest absolute Gasteiger partial charge is 0.337 e. The van der Waals surface area contributed by atoms with Gasteiger partial charge in [0.05, 0.1) is 12.7 Å². The van der Waals surface area contributed by atoms with E-state index in [0.717, 1.165) is 5.69 Å². The molecule has 0 aliphatic rings. The summed E-state index contributed by atoms with van der Waals surface area (Å²) in [5.74, 6) is -0.751. The average Bonchev–Trinajstić information content (AvgIpc) is 2.62. The molecule has 0 saturated carbocycles. The molecule has 0 aromatic heterocycles. The van der Waals surface area contributed by atoms with E-state index in [2.05, 4.69) is 20.7 Å². The minimum atomic E-state index is -0.453. The van der Waals surface area contributed by atoms with E-state index >= 15 is 0 Å². The number of nitrogens with one attached hydrogen (secondary N) is 3. The number of methoxy groups -OCH3 is 1. The van der Waals surface area contributed by atoms with E-state index in [4.69, 9.17) is 0 Å². The average molecular weight is 355 g/mol. The lowest BCUT2D eigenvalue weighted by Gasteiger charge is -2.09. The Balaban J connectivity index is 1.80. The summed E-state index contributed by atoms with van der Waals surface area (Å²) in [6.07, 6.45) is 0.260. The van der Waals surface area contributed by atoms with Crippen molar-refractivity contribution >= 4 is 34.8 Å². The van der Waals surface area contributed by atoms with Crippen LogP contribution in [-0.2, 0) is 14.3 Å². The third-order valence-corrected chi connectivity index (χ3v) is 3.45. The van der Waals surface area contributed by atoms with Gasteiger partial charge in [-0.15, -0.1) is 0 Å². The molecule has 3 N–H and O–H groups in total. The maximum Gasteiger partial charge on any atom is 0.337 e. The molecule has 2 aromatic carbocycles. The number of hydrogen-bond acceptors (Lipinski definition) is 5. The molecule has 136 valence electrons. The highest BCUT2D eigenvalue weighted by molar-refractivity contribution is 5.94. The zero-order valence-electron chi connectivity index (χ0n) is 14.7. The fraction of sp³-hybridized carbons (Fsp3) is 0.211. The molecule has 2 aromatic rings. The van der Waals surface area contributed by atoms with E-state index in [1.54, 1.807) is 36.4 Å². The Morgan fingerprint density at radius 1 is 0.923 bits per heavy atom. The van der Waals surface area contributed by atoms with Gasteiger partial charge < -0.3 is 20.7 Å². The Morgan fingerprint density at radius 3 is 2.27 bits per heavy atom. The molecular weight excluding hydrogens is 334 g/mol. The monoisotopic (exact) mass is 355 g/mol. The molecule has 0 saturated heterocycles. The van der Waals surface area contributed by atoms with E-state index < -0.39 is 5.97 Å². The molecule has 2 rings (SSSR count). The van der Waals surface area contributed by atoms with E-state index in [9.17, 15) is 14.4 Å². The van der Waals surface area contributed by atoms with Gasteiger partial charge in [-0.2, -0.15) is 0 Å². The highest BCUT2D eigenvalue weighted by atomic mass is 16.5. The standard InChI is InChI=1S/C19H21N3O4/c1-13(23)21-16-8-6-15(7-9-16)20-11-10-18(24)22-17-5-3-4-14(12-17)19(25)26-2/h3-9,12,20H,10-11H2,1-2H3,(H,21,23)(H,22,24). The third-order valence-electron chi connectivity index (χ3n) is 3.45. The maximum atomic E-state index is 12.0. The van der Waals surface area contributed by atoms with Gasteiger partial charge in [-0.25, -0.2) is 4.79 Å². The Hall–Kier alpha value is -3.35. The first kappa shape index (κ1) is 19.0. The van der Waals surface area contributed by atoms with Crippen LogP contribution in [0.3, 0.4) is 0 Å². The first-order valence-electron chi connectivity index (χ1n) is 8.07. The SMILES string of the molecule is COC(=O)c1cccc(NC(=O)CCNc2ccc(NC(C)=O)cc2)c1. The van der Waals surface area contributed by atoms with Crippen LogP contribution in [0.4, 0.5) is 17.1 Å². The normalized spacial score (nSPS) is 9.92. The van der Waals surface area contributed by atoms with Crippen molar-refractivity contribution in [3.63, 3.8) is 0 Å². The van der Waals surface area contributed by atoms with E-state index in [-0.39, 0.29) is 18.2 Å². The van der Waals surface area contributed by atoms with Gasteiger partial charge in [-0.3, -0.25) is 9.59 Å². The van der Waals surface area contributed by atoms with Crippen LogP contribution < -0.4 is 16.0 Å². The van der Waals surface area contributed by atoms with Gasteiger partial charge in [-0.1, -0.05) is 6.07 Å². The summed E-state index contributed by atoms with van der Waals surface area (Å²) < 4.78 is 4.65. The second kappa shape index (κ2) is 9.22. The van der Waals surface area contributed by atoms with Gasteiger partial charge in [0, 0.05) is 37.0 Å². The molecule has 26 heavy (non-hydrogen) atoms. The molecule has 0 bridgehead atoms. The summed E-state index contributed by atoms with van der Waals surface area (Å²) in [4.78, 5) is 34.5. The van der Waals surface area contributed by atoms with Crippen molar-refractivity contribution in [3.05, 3.63) is 54.1 Å². The van der Waals surface area contributed by atoms with Gasteiger partial charge >= 0.3 is 5.97 Å². The van der Waals surface area contributed by atoms with Crippen LogP contribution in [0.5, 0.6) is 0 Å². The molecule has 0 fully saturated rings. The van der Waals surface area contributed by atoms with Gasteiger partial charge in [-0.05, 0) is 42.5 Å². The summed E-state index contributed by atoms with van der Waals surface area (Å²) in [7, 11) is 1.31. The van der Waals surface area contributed by atoms with Crippen LogP contribution >= 0.6 is 0 Å². The Labute approximate surface area is 151 Å². The van der Waals surface area contributed by atoms with Crippen LogP contribution in [0.25, 0.3) is 0 Å². The van der Waals surface area contributed by atoms with Gasteiger partial charge in [0.15, 0.2) is 0 Å². The molecule has 0 aliphatic heterocycles. The summed E-state index contributed by atoms with van der Waals surface area (Å²) in [6.45, 7) is 1.90. The Morgan fingerprint density at radius 2 is 1.62 bits per heavy atom. The molecule has 0 atom stereocenters. The molecule has 2 amide bonds. The summed E-state index contributed by atoms with van der Waals surface area (Å²) in [5.41, 5.74) is 2.48. The van der Waals surface area contributed by atoms with Crippen LogP contribution in [0.1, 0.15) is 23.7 Å². The first-order valence-corrected chi connectivity index (χ1v) is 8.07. The van der Waals surface area contributed by atoms with Crippen molar-refractivity contribution < 1.29 is 19.1 Å². The number of ether oxygens (including phenoxy) is 1. The lowest BCUT2D eigenvalue weighted by atomic mass is 10.2. The van der Waals surface area contributed by atoms with Crippen molar-refractivity contribution in [1.82, 2.24) is 0 Å². The fourth-order valence-corrected chi connectivity index (χ4v) is 2.26. The molecule has 0 unspecified atom stereocenters. The largest absolute Gasteiger partial charge is 0.465 e. The van der Waals surface area contributed by atoms with Crippen molar-refractivity contribution in [2.24, 2.45) is 0 Å². The molecule has 0 aliphatic carbocycles. The molecule has 7 heteroatoms. The number of anilines is 3. The summed E-state index contributed by atoms with van der Waals surface area (Å²) >= 11 is 0. The molecule has 7 nitrogen and oxygen atoms in total. The zero-order valence-corrected chi connectivity index (χ0v) is 14.7. The van der Waals surface area contributed by atoms with Crippen molar-refractivity contribution in [2.75, 3.05) is 29.6 Å². The van der Waals surface area contributed by atoms with Crippen LogP contribution in [-0.4, -0.2) is 31.4 Å². The molecule has 0 spiro atoms. The predicted molar refractivity (Wildman–Crippen MR) is 100 cm³/mol. The van der Waals surface area contributed by atoms with E-state index in [0.29, 0.717) is 23.5 Å². The van der Waals surface area contributed by atoms with Gasteiger partial charge in [0.2, 0.25) is 11.8 Å². The highest BCUT2D eigenvalue weighted by Crippen LogP contribution is 2.14. The lowest BCUT2D eigenvalue weighted by molar-refractivity contribution is -0.116. The van der Waals surface area contributed by atoms with Crippen LogP contribution in [0.2, 0.25) is 0 Å². The second-order valence-corrected chi connectivity index (χ2v) is 5.56. The number of benzene rings is 2. The number of rotatable bonds is 7. The maximum absolute atomic E-state index is 12.0. The number of esters is 1. The topological polar surface area (TPSA) is 96.5 Å². The number of carbonyl (C=O) groups excluding carboxylic acids is 3. The number of carbonyl (C=O) groups is 3. The van der Waals surface area contributed by atoms with E-state index in [1.165, 1.54) is 14.0 Å². The van der Waals surface area contributed by atoms with Crippen LogP contribution in [0.15, 0.2) is 48.5 Å². The third kappa shape index (κ3) is 5.94. The molecular formula is C19H21N3O4. The van der Waals surface area contributed by atoms with Crippen molar-refractivity contribution in [2.45, 2.75) is 13.3 Å². The predicted octanol–water partition coefficient (Wildman–Crippen LogP) is 2.87. The minimum Gasteiger partial charge on any atom is -0.465 e. The first-order chi connectivity index (χ1) is 12.5. The second-order valence-electron chi connectivity index (χ2n) is 5.56. The lowest BCUT2D eigenvalue weighted by Crippen LogP contribution is -2.16. The van der Waals surface area contributed by atoms with Crippen molar-refractivity contribution in [3.8, 4) is 0 Å². The molecule has 0 radical (unpaired) electrons. The van der Waals surface area contributed by atoms with Gasteiger partial charge in [0.1, 0.15) is 0 Å². The quantitative estimate of drug-likeness (QED) is 0.664. The highest BCUT2D eigenvalue weighted by Gasteiger charge is 2.07. The summed E-state index contributed by atoms with van der Waals surface area (Å²) in [5, 5.41) is 8.56. The van der Waals surface area contributed by atoms with E-state index in [1.807, 2.05) is 12.1 Å². The fourth-order valence-electron chi connectivity index (χ4n) is 2.26. The zero-order chi connectivity index (χ0) is 18.9.